The number of aryl methyl sites for hydroxylation is 1. The van der Waals surface area contributed by atoms with Gasteiger partial charge in [0.25, 0.3) is 10.0 Å². The molecule has 148 valence electrons. The van der Waals surface area contributed by atoms with Gasteiger partial charge < -0.3 is 9.47 Å². The summed E-state index contributed by atoms with van der Waals surface area (Å²) in [6.45, 7) is 2.78. The van der Waals surface area contributed by atoms with Crippen molar-refractivity contribution in [1.29, 1.82) is 5.26 Å². The molecule has 0 spiro atoms. The SMILES string of the molecule is Cc1ccc(C#N)cc1S(=O)(=O)N(Cc1cccs1)c1ccc2c(c1)OCCO2. The highest BCUT2D eigenvalue weighted by atomic mass is 32.2. The van der Waals surface area contributed by atoms with Crippen LogP contribution >= 0.6 is 11.3 Å². The van der Waals surface area contributed by atoms with E-state index in [1.54, 1.807) is 37.3 Å². The number of nitriles is 1. The van der Waals surface area contributed by atoms with Gasteiger partial charge in [-0.2, -0.15) is 5.26 Å². The van der Waals surface area contributed by atoms with Gasteiger partial charge in [0.05, 0.1) is 28.8 Å². The Morgan fingerprint density at radius 2 is 1.90 bits per heavy atom. The van der Waals surface area contributed by atoms with Crippen molar-refractivity contribution in [2.45, 2.75) is 18.4 Å². The minimum absolute atomic E-state index is 0.114. The first-order chi connectivity index (χ1) is 14.0. The van der Waals surface area contributed by atoms with Crippen molar-refractivity contribution in [1.82, 2.24) is 0 Å². The van der Waals surface area contributed by atoms with Gasteiger partial charge in [0.2, 0.25) is 0 Å². The lowest BCUT2D eigenvalue weighted by molar-refractivity contribution is 0.171. The molecule has 0 saturated carbocycles. The van der Waals surface area contributed by atoms with E-state index < -0.39 is 10.0 Å². The van der Waals surface area contributed by atoms with Crippen molar-refractivity contribution in [3.8, 4) is 17.6 Å². The van der Waals surface area contributed by atoms with Crippen LogP contribution in [0.2, 0.25) is 0 Å². The number of thiophene rings is 1. The third kappa shape index (κ3) is 3.79. The van der Waals surface area contributed by atoms with Gasteiger partial charge in [-0.15, -0.1) is 11.3 Å². The molecule has 1 aliphatic rings. The summed E-state index contributed by atoms with van der Waals surface area (Å²) in [5.41, 5.74) is 1.36. The zero-order valence-electron chi connectivity index (χ0n) is 15.7. The van der Waals surface area contributed by atoms with E-state index in [1.807, 2.05) is 23.6 Å². The van der Waals surface area contributed by atoms with Gasteiger partial charge >= 0.3 is 0 Å². The van der Waals surface area contributed by atoms with E-state index >= 15 is 0 Å². The Morgan fingerprint density at radius 3 is 2.62 bits per heavy atom. The number of fused-ring (bicyclic) bond motifs is 1. The third-order valence-corrected chi connectivity index (χ3v) is 7.36. The van der Waals surface area contributed by atoms with Crippen molar-refractivity contribution >= 4 is 27.0 Å². The maximum Gasteiger partial charge on any atom is 0.264 e. The topological polar surface area (TPSA) is 79.6 Å². The van der Waals surface area contributed by atoms with Crippen LogP contribution < -0.4 is 13.8 Å². The fraction of sp³-hybridized carbons (Fsp3) is 0.190. The first kappa shape index (κ1) is 19.3. The lowest BCUT2D eigenvalue weighted by atomic mass is 10.2. The molecule has 1 aliphatic heterocycles. The molecular weight excluding hydrogens is 408 g/mol. The minimum atomic E-state index is -3.93. The van der Waals surface area contributed by atoms with E-state index in [2.05, 4.69) is 0 Å². The Morgan fingerprint density at radius 1 is 1.10 bits per heavy atom. The lowest BCUT2D eigenvalue weighted by Gasteiger charge is -2.27. The number of ether oxygens (including phenoxy) is 2. The highest BCUT2D eigenvalue weighted by Crippen LogP contribution is 2.37. The van der Waals surface area contributed by atoms with E-state index in [0.717, 1.165) is 4.88 Å². The zero-order chi connectivity index (χ0) is 20.4. The lowest BCUT2D eigenvalue weighted by Crippen LogP contribution is -2.31. The Hall–Kier alpha value is -3.02. The first-order valence-electron chi connectivity index (χ1n) is 8.94. The van der Waals surface area contributed by atoms with Crippen LogP contribution in [0.5, 0.6) is 11.5 Å². The first-order valence-corrected chi connectivity index (χ1v) is 11.3. The van der Waals surface area contributed by atoms with Gasteiger partial charge in [-0.05, 0) is 48.2 Å². The molecule has 6 nitrogen and oxygen atoms in total. The van der Waals surface area contributed by atoms with E-state index in [-0.39, 0.29) is 11.4 Å². The molecule has 2 heterocycles. The van der Waals surface area contributed by atoms with E-state index in [1.165, 1.54) is 21.7 Å². The van der Waals surface area contributed by atoms with Crippen LogP contribution in [0.15, 0.2) is 58.8 Å². The van der Waals surface area contributed by atoms with Crippen LogP contribution in [0.3, 0.4) is 0 Å². The molecule has 0 N–H and O–H groups in total. The summed E-state index contributed by atoms with van der Waals surface area (Å²) in [4.78, 5) is 1.01. The van der Waals surface area contributed by atoms with Crippen molar-refractivity contribution in [3.05, 3.63) is 69.9 Å². The monoisotopic (exact) mass is 426 g/mol. The molecule has 29 heavy (non-hydrogen) atoms. The third-order valence-electron chi connectivity index (χ3n) is 4.58. The molecule has 2 aromatic carbocycles. The molecule has 1 aromatic heterocycles. The second-order valence-corrected chi connectivity index (χ2v) is 9.37. The van der Waals surface area contributed by atoms with E-state index in [9.17, 15) is 13.7 Å². The second-order valence-electron chi connectivity index (χ2n) is 6.51. The number of rotatable bonds is 5. The van der Waals surface area contributed by atoms with E-state index in [4.69, 9.17) is 9.47 Å². The summed E-state index contributed by atoms with van der Waals surface area (Å²) in [5.74, 6) is 1.11. The maximum absolute atomic E-state index is 13.7. The highest BCUT2D eigenvalue weighted by molar-refractivity contribution is 7.92. The molecule has 0 aliphatic carbocycles. The number of benzene rings is 2. The molecular formula is C21H18N2O4S2. The Bertz CT molecular complexity index is 1180. The molecule has 0 bridgehead atoms. The van der Waals surface area contributed by atoms with Gasteiger partial charge in [-0.1, -0.05) is 12.1 Å². The number of anilines is 1. The molecule has 4 rings (SSSR count). The van der Waals surface area contributed by atoms with Crippen molar-refractivity contribution < 1.29 is 17.9 Å². The van der Waals surface area contributed by atoms with Gasteiger partial charge in [0, 0.05) is 10.9 Å². The molecule has 0 amide bonds. The van der Waals surface area contributed by atoms with Gasteiger partial charge in [-0.25, -0.2) is 8.42 Å². The zero-order valence-corrected chi connectivity index (χ0v) is 17.3. The smallest absolute Gasteiger partial charge is 0.264 e. The number of sulfonamides is 1. The molecule has 0 unspecified atom stereocenters. The normalized spacial score (nSPS) is 13.0. The maximum atomic E-state index is 13.7. The van der Waals surface area contributed by atoms with Crippen LogP contribution in [-0.4, -0.2) is 21.6 Å². The Kier molecular flexibility index (Phi) is 5.18. The fourth-order valence-electron chi connectivity index (χ4n) is 3.11. The van der Waals surface area contributed by atoms with Crippen LogP contribution in [0.4, 0.5) is 5.69 Å². The second kappa shape index (κ2) is 7.78. The fourth-order valence-corrected chi connectivity index (χ4v) is 5.58. The minimum Gasteiger partial charge on any atom is -0.486 e. The van der Waals surface area contributed by atoms with Crippen LogP contribution in [-0.2, 0) is 16.6 Å². The van der Waals surface area contributed by atoms with Crippen LogP contribution in [0.1, 0.15) is 16.0 Å². The van der Waals surface area contributed by atoms with Crippen molar-refractivity contribution in [2.75, 3.05) is 17.5 Å². The molecule has 0 fully saturated rings. The van der Waals surface area contributed by atoms with Crippen LogP contribution in [0, 0.1) is 18.3 Å². The van der Waals surface area contributed by atoms with E-state index in [0.29, 0.717) is 41.5 Å². The summed E-state index contributed by atoms with van der Waals surface area (Å²) < 4.78 is 39.9. The molecule has 0 atom stereocenters. The number of hydrogen-bond acceptors (Lipinski definition) is 6. The Labute approximate surface area is 173 Å². The predicted octanol–water partition coefficient (Wildman–Crippen LogP) is 4.09. The number of nitrogens with zero attached hydrogens (tertiary/aromatic N) is 2. The van der Waals surface area contributed by atoms with Gasteiger partial charge in [-0.3, -0.25) is 4.31 Å². The van der Waals surface area contributed by atoms with Gasteiger partial charge in [0.15, 0.2) is 11.5 Å². The number of hydrogen-bond donors (Lipinski definition) is 0. The molecule has 0 radical (unpaired) electrons. The Balaban J connectivity index is 1.84. The average molecular weight is 427 g/mol. The quantitative estimate of drug-likeness (QED) is 0.614. The summed E-state index contributed by atoms with van der Waals surface area (Å²) in [6.07, 6.45) is 0. The summed E-state index contributed by atoms with van der Waals surface area (Å²) in [7, 11) is -3.93. The summed E-state index contributed by atoms with van der Waals surface area (Å²) in [5, 5.41) is 11.1. The largest absolute Gasteiger partial charge is 0.486 e. The van der Waals surface area contributed by atoms with Crippen molar-refractivity contribution in [2.24, 2.45) is 0 Å². The highest BCUT2D eigenvalue weighted by Gasteiger charge is 2.29. The predicted molar refractivity (Wildman–Crippen MR) is 111 cm³/mol. The van der Waals surface area contributed by atoms with Crippen LogP contribution in [0.25, 0.3) is 0 Å². The average Bonchev–Trinajstić information content (AvgIpc) is 3.25. The van der Waals surface area contributed by atoms with Crippen molar-refractivity contribution in [3.63, 3.8) is 0 Å². The molecule has 3 aromatic rings. The summed E-state index contributed by atoms with van der Waals surface area (Å²) in [6, 6.07) is 15.6. The van der Waals surface area contributed by atoms with Gasteiger partial charge in [0.1, 0.15) is 13.2 Å². The molecule has 8 heteroatoms. The standard InChI is InChI=1S/C21H18N2O4S2/c1-15-4-5-16(13-22)11-21(15)29(24,25)23(14-18-3-2-10-28-18)17-6-7-19-20(12-17)27-9-8-26-19/h2-7,10-12H,8-9,14H2,1H3. The summed E-state index contributed by atoms with van der Waals surface area (Å²) >= 11 is 1.48. The molecule has 0 saturated heterocycles.